The number of H-pyrrole nitrogens is 2. The summed E-state index contributed by atoms with van der Waals surface area (Å²) < 4.78 is 14.5. The van der Waals surface area contributed by atoms with Crippen molar-refractivity contribution < 1.29 is 9.18 Å². The van der Waals surface area contributed by atoms with Gasteiger partial charge >= 0.3 is 6.03 Å². The third kappa shape index (κ3) is 7.45. The van der Waals surface area contributed by atoms with E-state index in [1.54, 1.807) is 24.3 Å². The number of hydrogen-bond acceptors (Lipinski definition) is 6. The summed E-state index contributed by atoms with van der Waals surface area (Å²) >= 11 is 0. The number of carbonyl (C=O) groups is 1. The highest BCUT2D eigenvalue weighted by Gasteiger charge is 2.11. The van der Waals surface area contributed by atoms with Gasteiger partial charge in [-0.2, -0.15) is 0 Å². The van der Waals surface area contributed by atoms with Crippen molar-refractivity contribution in [1.29, 1.82) is 0 Å². The van der Waals surface area contributed by atoms with Crippen LogP contribution in [0, 0.1) is 12.7 Å². The van der Waals surface area contributed by atoms with Crippen LogP contribution in [0.3, 0.4) is 0 Å². The molecule has 0 bridgehead atoms. The van der Waals surface area contributed by atoms with Crippen molar-refractivity contribution in [2.45, 2.75) is 26.3 Å². The van der Waals surface area contributed by atoms with Crippen molar-refractivity contribution in [2.24, 2.45) is 5.73 Å². The van der Waals surface area contributed by atoms with E-state index >= 15 is 0 Å². The van der Waals surface area contributed by atoms with Gasteiger partial charge in [-0.15, -0.1) is 0 Å². The molecule has 0 atom stereocenters. The van der Waals surface area contributed by atoms with Gasteiger partial charge in [0.15, 0.2) is 0 Å². The van der Waals surface area contributed by atoms with E-state index in [0.29, 0.717) is 43.7 Å². The molecule has 11 heteroatoms. The molecule has 10 nitrogen and oxygen atoms in total. The fourth-order valence-electron chi connectivity index (χ4n) is 3.40. The van der Waals surface area contributed by atoms with Crippen LogP contribution in [0.2, 0.25) is 0 Å². The molecule has 0 aliphatic heterocycles. The summed E-state index contributed by atoms with van der Waals surface area (Å²) in [5.74, 6) is 0.287. The van der Waals surface area contributed by atoms with Crippen LogP contribution in [0.25, 0.3) is 17.2 Å². The molecule has 36 heavy (non-hydrogen) atoms. The molecule has 0 saturated heterocycles. The lowest BCUT2D eigenvalue weighted by Crippen LogP contribution is -2.32. The molecule has 0 saturated carbocycles. The van der Waals surface area contributed by atoms with Gasteiger partial charge < -0.3 is 21.4 Å². The fourth-order valence-corrected chi connectivity index (χ4v) is 3.40. The van der Waals surface area contributed by atoms with Crippen molar-refractivity contribution in [2.75, 3.05) is 25.0 Å². The first-order chi connectivity index (χ1) is 17.4. The number of nitrogens with zero attached hydrogens (tertiary/aromatic N) is 2. The van der Waals surface area contributed by atoms with Crippen LogP contribution in [-0.4, -0.2) is 45.6 Å². The average molecular weight is 495 g/mol. The Bertz CT molecular complexity index is 1280. The number of urea groups is 1. The third-order valence-corrected chi connectivity index (χ3v) is 5.28. The zero-order valence-electron chi connectivity index (χ0n) is 20.2. The molecule has 1 aromatic carbocycles. The van der Waals surface area contributed by atoms with E-state index in [4.69, 9.17) is 5.73 Å². The quantitative estimate of drug-likeness (QED) is 0.168. The van der Waals surface area contributed by atoms with E-state index in [-0.39, 0.29) is 11.5 Å². The highest BCUT2D eigenvalue weighted by Crippen LogP contribution is 2.19. The summed E-state index contributed by atoms with van der Waals surface area (Å²) in [6.45, 7) is 7.49. The maximum absolute atomic E-state index is 14.5. The number of halogens is 1. The Morgan fingerprint density at radius 1 is 1.28 bits per heavy atom. The zero-order valence-corrected chi connectivity index (χ0v) is 20.2. The average Bonchev–Trinajstić information content (AvgIpc) is 3.20. The predicted octanol–water partition coefficient (Wildman–Crippen LogP) is 2.61. The van der Waals surface area contributed by atoms with Crippen LogP contribution in [0.15, 0.2) is 47.9 Å². The SMILES string of the molecule is C=C/C=C\c1nc(CCNC(=O)Nc2ncc(-c3ccc(CNCCCN)c(F)c3)c(=O)[nH]2)[nH]c1C. The van der Waals surface area contributed by atoms with Gasteiger partial charge in [-0.1, -0.05) is 30.9 Å². The summed E-state index contributed by atoms with van der Waals surface area (Å²) in [5, 5.41) is 8.29. The number of benzene rings is 1. The number of nitrogens with two attached hydrogens (primary N) is 1. The normalized spacial score (nSPS) is 11.1. The van der Waals surface area contributed by atoms with Crippen LogP contribution in [-0.2, 0) is 13.0 Å². The summed E-state index contributed by atoms with van der Waals surface area (Å²) in [4.78, 5) is 38.9. The minimum Gasteiger partial charge on any atom is -0.346 e. The maximum atomic E-state index is 14.5. The van der Waals surface area contributed by atoms with Gasteiger partial charge in [0.1, 0.15) is 11.6 Å². The number of rotatable bonds is 12. The Hall–Kier alpha value is -4.09. The first-order valence-electron chi connectivity index (χ1n) is 11.6. The van der Waals surface area contributed by atoms with E-state index in [0.717, 1.165) is 23.6 Å². The van der Waals surface area contributed by atoms with Gasteiger partial charge in [0, 0.05) is 37.0 Å². The Kier molecular flexibility index (Phi) is 9.66. The molecule has 2 heterocycles. The zero-order chi connectivity index (χ0) is 25.9. The monoisotopic (exact) mass is 494 g/mol. The number of allylic oxidation sites excluding steroid dienone is 2. The number of hydrogen-bond donors (Lipinski definition) is 6. The number of nitrogens with one attached hydrogen (secondary N) is 5. The minimum absolute atomic E-state index is 0.0202. The molecule has 3 rings (SSSR count). The van der Waals surface area contributed by atoms with Gasteiger partial charge in [0.2, 0.25) is 5.95 Å². The van der Waals surface area contributed by atoms with Gasteiger partial charge in [-0.3, -0.25) is 15.1 Å². The number of amides is 2. The number of carbonyl (C=O) groups excluding carboxylic acids is 1. The molecule has 0 spiro atoms. The van der Waals surface area contributed by atoms with Gasteiger partial charge in [0.25, 0.3) is 5.56 Å². The lowest BCUT2D eigenvalue weighted by molar-refractivity contribution is 0.252. The molecule has 3 aromatic rings. The smallest absolute Gasteiger partial charge is 0.321 e. The Labute approximate surface area is 208 Å². The van der Waals surface area contributed by atoms with Gasteiger partial charge in [-0.25, -0.2) is 19.2 Å². The number of anilines is 1. The second-order valence-electron chi connectivity index (χ2n) is 8.02. The number of aryl methyl sites for hydroxylation is 1. The van der Waals surface area contributed by atoms with Gasteiger partial charge in [0.05, 0.1) is 11.3 Å². The topological polar surface area (TPSA) is 154 Å². The van der Waals surface area contributed by atoms with Crippen molar-refractivity contribution in [3.63, 3.8) is 0 Å². The molecule has 2 amide bonds. The maximum Gasteiger partial charge on any atom is 0.321 e. The van der Waals surface area contributed by atoms with E-state index in [2.05, 4.69) is 42.5 Å². The first-order valence-corrected chi connectivity index (χ1v) is 11.6. The molecule has 0 aliphatic carbocycles. The third-order valence-electron chi connectivity index (χ3n) is 5.28. The second-order valence-corrected chi connectivity index (χ2v) is 8.02. The molecule has 7 N–H and O–H groups in total. The Morgan fingerprint density at radius 3 is 2.83 bits per heavy atom. The molecular weight excluding hydrogens is 463 g/mol. The van der Waals surface area contributed by atoms with E-state index in [9.17, 15) is 14.0 Å². The summed E-state index contributed by atoms with van der Waals surface area (Å²) in [6, 6.07) is 4.04. The summed E-state index contributed by atoms with van der Waals surface area (Å²) in [6.07, 6.45) is 7.91. The van der Waals surface area contributed by atoms with Crippen molar-refractivity contribution in [3.8, 4) is 11.1 Å². The standard InChI is InChI=1S/C25H31FN8O2/c1-3-4-6-21-16(2)31-22(32-21)9-12-29-25(36)34-24-30-15-19(23(35)33-24)17-7-8-18(20(26)13-17)14-28-11-5-10-27/h3-4,6-8,13,15,28H,1,5,9-12,14,27H2,2H3,(H,31,32)(H3,29,30,33,34,35,36)/b6-4-. The number of aromatic amines is 2. The first kappa shape index (κ1) is 26.5. The van der Waals surface area contributed by atoms with Crippen molar-refractivity contribution in [3.05, 3.63) is 82.1 Å². The summed E-state index contributed by atoms with van der Waals surface area (Å²) in [5.41, 5.74) is 7.75. The van der Waals surface area contributed by atoms with Crippen LogP contribution < -0.4 is 27.2 Å². The number of imidazole rings is 1. The lowest BCUT2D eigenvalue weighted by atomic mass is 10.1. The molecule has 190 valence electrons. The van der Waals surface area contributed by atoms with Crippen LogP contribution >= 0.6 is 0 Å². The summed E-state index contributed by atoms with van der Waals surface area (Å²) in [7, 11) is 0. The second kappa shape index (κ2) is 13.1. The van der Waals surface area contributed by atoms with E-state index < -0.39 is 17.4 Å². The molecule has 0 aliphatic rings. The largest absolute Gasteiger partial charge is 0.346 e. The molecule has 2 aromatic heterocycles. The molecular formula is C25H31FN8O2. The van der Waals surface area contributed by atoms with E-state index in [1.807, 2.05) is 13.0 Å². The Balaban J connectivity index is 1.54. The highest BCUT2D eigenvalue weighted by molar-refractivity contribution is 5.87. The van der Waals surface area contributed by atoms with Crippen molar-refractivity contribution in [1.82, 2.24) is 30.6 Å². The van der Waals surface area contributed by atoms with Crippen LogP contribution in [0.1, 0.15) is 29.2 Å². The van der Waals surface area contributed by atoms with E-state index in [1.165, 1.54) is 12.3 Å². The Morgan fingerprint density at radius 2 is 2.11 bits per heavy atom. The predicted molar refractivity (Wildman–Crippen MR) is 139 cm³/mol. The van der Waals surface area contributed by atoms with Crippen molar-refractivity contribution >= 4 is 18.1 Å². The van der Waals surface area contributed by atoms with Crippen LogP contribution in [0.5, 0.6) is 0 Å². The van der Waals surface area contributed by atoms with Crippen LogP contribution in [0.4, 0.5) is 15.1 Å². The van der Waals surface area contributed by atoms with Gasteiger partial charge in [-0.05, 0) is 44.1 Å². The number of aromatic nitrogens is 4. The fraction of sp³-hybridized carbons (Fsp3) is 0.280. The molecule has 0 unspecified atom stereocenters. The molecule has 0 fully saturated rings. The molecule has 0 radical (unpaired) electrons. The highest BCUT2D eigenvalue weighted by atomic mass is 19.1. The lowest BCUT2D eigenvalue weighted by Gasteiger charge is -2.09. The minimum atomic E-state index is -0.529.